The predicted molar refractivity (Wildman–Crippen MR) is 65.9 cm³/mol. The Kier molecular flexibility index (Phi) is 4.81. The van der Waals surface area contributed by atoms with Crippen LogP contribution in [0.3, 0.4) is 0 Å². The molecule has 0 saturated heterocycles. The summed E-state index contributed by atoms with van der Waals surface area (Å²) >= 11 is 0. The maximum Gasteiger partial charge on any atom is 0.175 e. The Morgan fingerprint density at radius 2 is 1.88 bits per heavy atom. The minimum Gasteiger partial charge on any atom is -0.391 e. The molecule has 7 heteroatoms. The van der Waals surface area contributed by atoms with Crippen molar-refractivity contribution < 1.29 is 17.7 Å². The van der Waals surface area contributed by atoms with Crippen LogP contribution in [0.15, 0.2) is 34.1 Å². The third-order valence-electron chi connectivity index (χ3n) is 2.13. The van der Waals surface area contributed by atoms with Crippen LogP contribution in [0, 0.1) is 0 Å². The van der Waals surface area contributed by atoms with Crippen molar-refractivity contribution in [3.63, 3.8) is 0 Å². The van der Waals surface area contributed by atoms with E-state index in [-0.39, 0.29) is 17.2 Å². The average Bonchev–Trinajstić information content (AvgIpc) is 2.27. The molecule has 0 aromatic heterocycles. The van der Waals surface area contributed by atoms with E-state index in [1.165, 1.54) is 24.3 Å². The Morgan fingerprint density at radius 1 is 1.35 bits per heavy atom. The molecule has 96 valence electrons. The molecular formula is C10H15NO4S2. The Hall–Kier alpha value is -0.760. The number of aliphatic hydroxyl groups excluding tert-OH is 1. The van der Waals surface area contributed by atoms with Crippen LogP contribution in [0.2, 0.25) is 0 Å². The van der Waals surface area contributed by atoms with Gasteiger partial charge in [-0.05, 0) is 24.3 Å². The maximum atomic E-state index is 11.7. The smallest absolute Gasteiger partial charge is 0.175 e. The summed E-state index contributed by atoms with van der Waals surface area (Å²) in [6.45, 7) is 0.0488. The van der Waals surface area contributed by atoms with E-state index in [4.69, 9.17) is 5.73 Å². The summed E-state index contributed by atoms with van der Waals surface area (Å²) in [4.78, 5) is 0.655. The van der Waals surface area contributed by atoms with Gasteiger partial charge >= 0.3 is 0 Å². The topological polar surface area (TPSA) is 97.5 Å². The number of hydrogen-bond donors (Lipinski definition) is 2. The first-order valence-electron chi connectivity index (χ1n) is 4.91. The summed E-state index contributed by atoms with van der Waals surface area (Å²) in [5.41, 5.74) is 5.22. The van der Waals surface area contributed by atoms with Crippen LogP contribution in [0.1, 0.15) is 0 Å². The largest absolute Gasteiger partial charge is 0.391 e. The van der Waals surface area contributed by atoms with Gasteiger partial charge in [-0.2, -0.15) is 0 Å². The lowest BCUT2D eigenvalue weighted by molar-refractivity contribution is 0.207. The summed E-state index contributed by atoms with van der Waals surface area (Å²) in [7, 11) is -4.61. The molecule has 1 aromatic carbocycles. The van der Waals surface area contributed by atoms with Crippen LogP contribution in [-0.4, -0.2) is 42.4 Å². The van der Waals surface area contributed by atoms with Crippen molar-refractivity contribution >= 4 is 20.6 Å². The first-order chi connectivity index (χ1) is 7.84. The van der Waals surface area contributed by atoms with Crippen LogP contribution in [0.5, 0.6) is 0 Å². The molecule has 0 bridgehead atoms. The molecule has 0 aliphatic rings. The fourth-order valence-corrected chi connectivity index (χ4v) is 2.93. The van der Waals surface area contributed by atoms with E-state index >= 15 is 0 Å². The van der Waals surface area contributed by atoms with Gasteiger partial charge in [0.1, 0.15) is 0 Å². The zero-order valence-corrected chi connectivity index (χ0v) is 11.0. The lowest BCUT2D eigenvalue weighted by atomic mass is 10.4. The number of benzene rings is 1. The van der Waals surface area contributed by atoms with Crippen LogP contribution in [-0.2, 0) is 20.6 Å². The first kappa shape index (κ1) is 14.3. The minimum absolute atomic E-state index is 0.0488. The third-order valence-corrected chi connectivity index (χ3v) is 4.74. The van der Waals surface area contributed by atoms with E-state index in [2.05, 4.69) is 0 Å². The second kappa shape index (κ2) is 5.72. The van der Waals surface area contributed by atoms with Crippen LogP contribution >= 0.6 is 0 Å². The van der Waals surface area contributed by atoms with E-state index in [0.29, 0.717) is 4.90 Å². The van der Waals surface area contributed by atoms with Gasteiger partial charge in [-0.1, -0.05) is 0 Å². The highest BCUT2D eigenvalue weighted by Gasteiger charge is 2.11. The van der Waals surface area contributed by atoms with Crippen molar-refractivity contribution in [1.29, 1.82) is 0 Å². The standard InChI is InChI=1S/C10H15NO4S2/c1-17(14,15)10-4-2-9(3-5-10)16(13)7-8(12)6-11/h2-5,8,12H,6-7,11H2,1H3. The molecule has 0 amide bonds. The van der Waals surface area contributed by atoms with Gasteiger partial charge in [0.2, 0.25) is 0 Å². The first-order valence-corrected chi connectivity index (χ1v) is 8.12. The van der Waals surface area contributed by atoms with Crippen molar-refractivity contribution in [2.75, 3.05) is 18.6 Å². The van der Waals surface area contributed by atoms with Crippen LogP contribution in [0.4, 0.5) is 0 Å². The highest BCUT2D eigenvalue weighted by Crippen LogP contribution is 2.13. The summed E-state index contributed by atoms with van der Waals surface area (Å²) in [6, 6.07) is 5.76. The van der Waals surface area contributed by atoms with Crippen molar-refractivity contribution in [1.82, 2.24) is 0 Å². The molecule has 2 unspecified atom stereocenters. The van der Waals surface area contributed by atoms with Gasteiger partial charge in [0.05, 0.1) is 27.6 Å². The van der Waals surface area contributed by atoms with Crippen LogP contribution < -0.4 is 5.73 Å². The van der Waals surface area contributed by atoms with Gasteiger partial charge in [-0.25, -0.2) is 8.42 Å². The van der Waals surface area contributed by atoms with Crippen LogP contribution in [0.25, 0.3) is 0 Å². The molecule has 5 nitrogen and oxygen atoms in total. The lowest BCUT2D eigenvalue weighted by Crippen LogP contribution is -2.26. The predicted octanol–water partition coefficient (Wildman–Crippen LogP) is -0.483. The van der Waals surface area contributed by atoms with Gasteiger partial charge in [0.25, 0.3) is 0 Å². The zero-order valence-electron chi connectivity index (χ0n) is 9.37. The second-order valence-electron chi connectivity index (χ2n) is 3.65. The molecule has 3 N–H and O–H groups in total. The Labute approximate surface area is 103 Å². The van der Waals surface area contributed by atoms with Crippen molar-refractivity contribution in [2.24, 2.45) is 5.73 Å². The third kappa shape index (κ3) is 4.19. The molecule has 1 rings (SSSR count). The number of aliphatic hydroxyl groups is 1. The van der Waals surface area contributed by atoms with Gasteiger partial charge in [-0.15, -0.1) is 0 Å². The molecular weight excluding hydrogens is 262 g/mol. The highest BCUT2D eigenvalue weighted by molar-refractivity contribution is 7.90. The molecule has 0 spiro atoms. The molecule has 0 saturated carbocycles. The van der Waals surface area contributed by atoms with Gasteiger partial charge < -0.3 is 10.8 Å². The molecule has 0 aliphatic carbocycles. The van der Waals surface area contributed by atoms with E-state index < -0.39 is 26.7 Å². The molecule has 17 heavy (non-hydrogen) atoms. The Morgan fingerprint density at radius 3 is 2.29 bits per heavy atom. The summed E-state index contributed by atoms with van der Waals surface area (Å²) in [6.07, 6.45) is 0.294. The molecule has 0 heterocycles. The fraction of sp³-hybridized carbons (Fsp3) is 0.400. The molecule has 0 fully saturated rings. The van der Waals surface area contributed by atoms with Crippen molar-refractivity contribution in [2.45, 2.75) is 15.9 Å². The highest BCUT2D eigenvalue weighted by atomic mass is 32.2. The fourth-order valence-electron chi connectivity index (χ4n) is 1.18. The molecule has 0 radical (unpaired) electrons. The van der Waals surface area contributed by atoms with E-state index in [0.717, 1.165) is 6.26 Å². The average molecular weight is 277 g/mol. The Bertz CT molecular complexity index is 496. The Balaban J connectivity index is 2.85. The van der Waals surface area contributed by atoms with Gasteiger partial charge in [-0.3, -0.25) is 4.21 Å². The molecule has 1 aromatic rings. The van der Waals surface area contributed by atoms with Gasteiger partial charge in [0, 0.05) is 17.7 Å². The quantitative estimate of drug-likeness (QED) is 0.757. The van der Waals surface area contributed by atoms with E-state index in [1.54, 1.807) is 0 Å². The van der Waals surface area contributed by atoms with E-state index in [9.17, 15) is 17.7 Å². The van der Waals surface area contributed by atoms with Crippen molar-refractivity contribution in [3.05, 3.63) is 24.3 Å². The normalized spacial score (nSPS) is 15.5. The molecule has 0 aliphatic heterocycles. The zero-order chi connectivity index (χ0) is 13.1. The number of sulfone groups is 1. The SMILES string of the molecule is CS(=O)(=O)c1ccc(S(=O)CC(O)CN)cc1. The summed E-state index contributed by atoms with van der Waals surface area (Å²) < 4.78 is 34.1. The second-order valence-corrected chi connectivity index (χ2v) is 7.16. The lowest BCUT2D eigenvalue weighted by Gasteiger charge is -2.07. The maximum absolute atomic E-state index is 11.7. The summed E-state index contributed by atoms with van der Waals surface area (Å²) in [5.74, 6) is 0.0503. The van der Waals surface area contributed by atoms with E-state index in [1.807, 2.05) is 0 Å². The number of nitrogens with two attached hydrogens (primary N) is 1. The summed E-state index contributed by atoms with van der Waals surface area (Å²) in [5, 5.41) is 9.26. The van der Waals surface area contributed by atoms with Gasteiger partial charge in [0.15, 0.2) is 9.84 Å². The number of rotatable bonds is 5. The number of hydrogen-bond acceptors (Lipinski definition) is 5. The molecule has 2 atom stereocenters. The van der Waals surface area contributed by atoms with Crippen molar-refractivity contribution in [3.8, 4) is 0 Å². The minimum atomic E-state index is -3.24. The monoisotopic (exact) mass is 277 g/mol.